The fraction of sp³-hybridized carbons (Fsp3) is 0.250. The molecule has 5 nitrogen and oxygen atoms in total. The van der Waals surface area contributed by atoms with Crippen molar-refractivity contribution in [2.45, 2.75) is 23.0 Å². The second-order valence-electron chi connectivity index (χ2n) is 6.82. The van der Waals surface area contributed by atoms with Crippen LogP contribution in [0.25, 0.3) is 0 Å². The summed E-state index contributed by atoms with van der Waals surface area (Å²) in [6.07, 6.45) is 1.00. The molecule has 0 saturated carbocycles. The van der Waals surface area contributed by atoms with Crippen LogP contribution in [0.3, 0.4) is 0 Å². The number of ether oxygens (including phenoxy) is 3. The largest absolute Gasteiger partial charge is 0.496 e. The molecule has 0 N–H and O–H groups in total. The number of hydrogen-bond acceptors (Lipinski definition) is 5. The zero-order valence-electron chi connectivity index (χ0n) is 17.4. The molecule has 0 aliphatic carbocycles. The molecule has 3 aromatic carbocycles. The predicted octanol–water partition coefficient (Wildman–Crippen LogP) is 4.86. The molecule has 1 atom stereocenters. The Bertz CT molecular complexity index is 1060. The Morgan fingerprint density at radius 2 is 1.27 bits per heavy atom. The minimum Gasteiger partial charge on any atom is -0.496 e. The van der Waals surface area contributed by atoms with Gasteiger partial charge in [-0.2, -0.15) is 0 Å². The minimum atomic E-state index is -3.68. The van der Waals surface area contributed by atoms with E-state index in [1.165, 1.54) is 21.3 Å². The molecule has 0 amide bonds. The van der Waals surface area contributed by atoms with Gasteiger partial charge in [0, 0.05) is 11.6 Å². The first-order valence-electron chi connectivity index (χ1n) is 9.64. The minimum absolute atomic E-state index is 0.278. The SMILES string of the molecule is COc1cc(OC)c(C(CCc2ccccc2)S(=O)(=O)c2ccccc2)cc1OC. The number of rotatable bonds is 9. The fourth-order valence-electron chi connectivity index (χ4n) is 3.50. The first-order chi connectivity index (χ1) is 14.5. The van der Waals surface area contributed by atoms with Crippen molar-refractivity contribution in [1.82, 2.24) is 0 Å². The summed E-state index contributed by atoms with van der Waals surface area (Å²) in [5.74, 6) is 1.39. The Kier molecular flexibility index (Phi) is 7.00. The molecule has 0 heterocycles. The highest BCUT2D eigenvalue weighted by Gasteiger charge is 2.32. The fourth-order valence-corrected chi connectivity index (χ4v) is 5.31. The second-order valence-corrected chi connectivity index (χ2v) is 8.95. The third-order valence-electron chi connectivity index (χ3n) is 5.07. The number of hydrogen-bond donors (Lipinski definition) is 0. The standard InChI is InChI=1S/C24H26O5S/c1-27-21-17-23(29-3)22(28-2)16-20(21)24(15-14-18-10-6-4-7-11-18)30(25,26)19-12-8-5-9-13-19/h4-13,16-17,24H,14-15H2,1-3H3. The van der Waals surface area contributed by atoms with Crippen molar-refractivity contribution in [2.75, 3.05) is 21.3 Å². The molecule has 1 unspecified atom stereocenters. The molecule has 0 saturated heterocycles. The molecule has 0 fully saturated rings. The maximum atomic E-state index is 13.6. The van der Waals surface area contributed by atoms with Gasteiger partial charge in [-0.15, -0.1) is 0 Å². The van der Waals surface area contributed by atoms with E-state index in [4.69, 9.17) is 14.2 Å². The number of benzene rings is 3. The van der Waals surface area contributed by atoms with E-state index in [-0.39, 0.29) is 4.90 Å². The van der Waals surface area contributed by atoms with Crippen molar-refractivity contribution in [3.8, 4) is 17.2 Å². The van der Waals surface area contributed by atoms with Gasteiger partial charge in [0.1, 0.15) is 5.75 Å². The molecule has 0 aliphatic rings. The van der Waals surface area contributed by atoms with E-state index in [0.717, 1.165) is 5.56 Å². The summed E-state index contributed by atoms with van der Waals surface area (Å²) in [5, 5.41) is -0.810. The molecule has 30 heavy (non-hydrogen) atoms. The van der Waals surface area contributed by atoms with Gasteiger partial charge >= 0.3 is 0 Å². The third-order valence-corrected chi connectivity index (χ3v) is 7.24. The first-order valence-corrected chi connectivity index (χ1v) is 11.2. The van der Waals surface area contributed by atoms with E-state index in [9.17, 15) is 8.42 Å². The predicted molar refractivity (Wildman–Crippen MR) is 117 cm³/mol. The molecule has 3 rings (SSSR count). The molecule has 0 aliphatic heterocycles. The Labute approximate surface area is 178 Å². The van der Waals surface area contributed by atoms with Gasteiger partial charge in [-0.1, -0.05) is 48.5 Å². The lowest BCUT2D eigenvalue weighted by Crippen LogP contribution is -2.16. The summed E-state index contributed by atoms with van der Waals surface area (Å²) in [6.45, 7) is 0. The first kappa shape index (κ1) is 21.7. The van der Waals surface area contributed by atoms with Crippen molar-refractivity contribution in [2.24, 2.45) is 0 Å². The van der Waals surface area contributed by atoms with Crippen molar-refractivity contribution in [3.63, 3.8) is 0 Å². The number of methoxy groups -OCH3 is 3. The van der Waals surface area contributed by atoms with Crippen molar-refractivity contribution in [3.05, 3.63) is 83.9 Å². The van der Waals surface area contributed by atoms with Gasteiger partial charge in [-0.05, 0) is 36.6 Å². The van der Waals surface area contributed by atoms with E-state index < -0.39 is 15.1 Å². The quantitative estimate of drug-likeness (QED) is 0.489. The highest BCUT2D eigenvalue weighted by Crippen LogP contribution is 2.43. The van der Waals surface area contributed by atoms with Crippen LogP contribution in [0, 0.1) is 0 Å². The molecule has 0 aromatic heterocycles. The zero-order chi connectivity index (χ0) is 21.6. The van der Waals surface area contributed by atoms with Crippen LogP contribution in [0.4, 0.5) is 0 Å². The van der Waals surface area contributed by atoms with Gasteiger partial charge in [-0.25, -0.2) is 8.42 Å². The van der Waals surface area contributed by atoms with Crippen LogP contribution in [0.1, 0.15) is 22.8 Å². The summed E-state index contributed by atoms with van der Waals surface area (Å²) in [7, 11) is 0.903. The van der Waals surface area contributed by atoms with Gasteiger partial charge in [0.15, 0.2) is 21.3 Å². The van der Waals surface area contributed by atoms with Crippen LogP contribution in [0.5, 0.6) is 17.2 Å². The van der Waals surface area contributed by atoms with Gasteiger partial charge in [-0.3, -0.25) is 0 Å². The lowest BCUT2D eigenvalue weighted by molar-refractivity contribution is 0.347. The highest BCUT2D eigenvalue weighted by molar-refractivity contribution is 7.91. The smallest absolute Gasteiger partial charge is 0.185 e. The van der Waals surface area contributed by atoms with Crippen molar-refractivity contribution in [1.29, 1.82) is 0 Å². The Morgan fingerprint density at radius 3 is 1.83 bits per heavy atom. The van der Waals surface area contributed by atoms with Crippen LogP contribution >= 0.6 is 0 Å². The molecular formula is C24H26O5S. The molecule has 0 radical (unpaired) electrons. The summed E-state index contributed by atoms with van der Waals surface area (Å²) in [6, 6.07) is 21.7. The van der Waals surface area contributed by atoms with Crippen LogP contribution in [0.15, 0.2) is 77.7 Å². The number of aryl methyl sites for hydroxylation is 1. The van der Waals surface area contributed by atoms with E-state index >= 15 is 0 Å². The van der Waals surface area contributed by atoms with Crippen LogP contribution in [0.2, 0.25) is 0 Å². The lowest BCUT2D eigenvalue weighted by atomic mass is 10.0. The van der Waals surface area contributed by atoms with Crippen molar-refractivity contribution >= 4 is 9.84 Å². The van der Waals surface area contributed by atoms with Crippen LogP contribution in [-0.4, -0.2) is 29.7 Å². The molecule has 0 spiro atoms. The Hall–Kier alpha value is -2.99. The van der Waals surface area contributed by atoms with Gasteiger partial charge in [0.25, 0.3) is 0 Å². The van der Waals surface area contributed by atoms with Crippen LogP contribution < -0.4 is 14.2 Å². The molecular weight excluding hydrogens is 400 g/mol. The van der Waals surface area contributed by atoms with Crippen LogP contribution in [-0.2, 0) is 16.3 Å². The van der Waals surface area contributed by atoms with Gasteiger partial charge < -0.3 is 14.2 Å². The highest BCUT2D eigenvalue weighted by atomic mass is 32.2. The summed E-state index contributed by atoms with van der Waals surface area (Å²) < 4.78 is 43.6. The average molecular weight is 427 g/mol. The van der Waals surface area contributed by atoms with E-state index in [1.807, 2.05) is 30.3 Å². The molecule has 158 valence electrons. The molecule has 3 aromatic rings. The van der Waals surface area contributed by atoms with E-state index in [0.29, 0.717) is 35.7 Å². The zero-order valence-corrected chi connectivity index (χ0v) is 18.2. The summed E-state index contributed by atoms with van der Waals surface area (Å²) in [4.78, 5) is 0.278. The van der Waals surface area contributed by atoms with E-state index in [2.05, 4.69) is 0 Å². The van der Waals surface area contributed by atoms with Gasteiger partial charge in [0.2, 0.25) is 0 Å². The average Bonchev–Trinajstić information content (AvgIpc) is 2.79. The topological polar surface area (TPSA) is 61.8 Å². The molecule has 0 bridgehead atoms. The van der Waals surface area contributed by atoms with Gasteiger partial charge in [0.05, 0.1) is 31.5 Å². The third kappa shape index (κ3) is 4.60. The van der Waals surface area contributed by atoms with Crippen molar-refractivity contribution < 1.29 is 22.6 Å². The summed E-state index contributed by atoms with van der Waals surface area (Å²) in [5.41, 5.74) is 1.63. The number of sulfone groups is 1. The Balaban J connectivity index is 2.12. The maximum Gasteiger partial charge on any atom is 0.185 e. The lowest BCUT2D eigenvalue weighted by Gasteiger charge is -2.22. The Morgan fingerprint density at radius 1 is 0.733 bits per heavy atom. The second kappa shape index (κ2) is 9.67. The monoisotopic (exact) mass is 426 g/mol. The van der Waals surface area contributed by atoms with E-state index in [1.54, 1.807) is 42.5 Å². The normalized spacial score (nSPS) is 12.2. The molecule has 6 heteroatoms. The summed E-state index contributed by atoms with van der Waals surface area (Å²) >= 11 is 0. The maximum absolute atomic E-state index is 13.6.